The summed E-state index contributed by atoms with van der Waals surface area (Å²) in [5.41, 5.74) is 1.07. The van der Waals surface area contributed by atoms with E-state index < -0.39 is 0 Å². The van der Waals surface area contributed by atoms with Crippen LogP contribution in [0.3, 0.4) is 0 Å². The first-order valence-corrected chi connectivity index (χ1v) is 7.31. The van der Waals surface area contributed by atoms with E-state index in [2.05, 4.69) is 45.5 Å². The summed E-state index contributed by atoms with van der Waals surface area (Å²) >= 11 is 5.09. The van der Waals surface area contributed by atoms with Gasteiger partial charge in [-0.3, -0.25) is 0 Å². The molecule has 0 bridgehead atoms. The summed E-state index contributed by atoms with van der Waals surface area (Å²) in [5, 5.41) is 5.41. The number of thiophene rings is 1. The lowest BCUT2D eigenvalue weighted by Gasteiger charge is -2.08. The van der Waals surface area contributed by atoms with Gasteiger partial charge >= 0.3 is 0 Å². The number of halogens is 1. The highest BCUT2D eigenvalue weighted by molar-refractivity contribution is 9.11. The van der Waals surface area contributed by atoms with Crippen molar-refractivity contribution in [2.75, 3.05) is 6.54 Å². The van der Waals surface area contributed by atoms with Crippen LogP contribution in [0.2, 0.25) is 0 Å². The molecular formula is C12H15BrN2OS. The van der Waals surface area contributed by atoms with Gasteiger partial charge in [0.1, 0.15) is 0 Å². The van der Waals surface area contributed by atoms with Crippen molar-refractivity contribution in [1.82, 2.24) is 10.3 Å². The van der Waals surface area contributed by atoms with Crippen molar-refractivity contribution in [2.45, 2.75) is 26.3 Å². The van der Waals surface area contributed by atoms with Crippen LogP contribution in [0.25, 0.3) is 11.3 Å². The Morgan fingerprint density at radius 1 is 1.59 bits per heavy atom. The molecule has 2 heterocycles. The van der Waals surface area contributed by atoms with Crippen LogP contribution in [0.5, 0.6) is 0 Å². The van der Waals surface area contributed by atoms with Crippen LogP contribution < -0.4 is 5.32 Å². The van der Waals surface area contributed by atoms with Gasteiger partial charge in [-0.25, -0.2) is 4.98 Å². The third kappa shape index (κ3) is 3.18. The highest BCUT2D eigenvalue weighted by Gasteiger charge is 2.13. The van der Waals surface area contributed by atoms with Crippen LogP contribution in [-0.4, -0.2) is 11.5 Å². The molecule has 1 N–H and O–H groups in total. The van der Waals surface area contributed by atoms with Gasteiger partial charge in [0, 0.05) is 10.9 Å². The summed E-state index contributed by atoms with van der Waals surface area (Å²) in [6.07, 6.45) is 2.89. The van der Waals surface area contributed by atoms with Crippen molar-refractivity contribution in [1.29, 1.82) is 0 Å². The Morgan fingerprint density at radius 3 is 3.06 bits per heavy atom. The zero-order valence-corrected chi connectivity index (χ0v) is 12.3. The first-order valence-electron chi connectivity index (χ1n) is 5.64. The van der Waals surface area contributed by atoms with Gasteiger partial charge in [-0.05, 0) is 41.9 Å². The SMILES string of the molecule is CCCNC(C)c1ncc(-c2csc(Br)c2)o1. The quantitative estimate of drug-likeness (QED) is 0.897. The summed E-state index contributed by atoms with van der Waals surface area (Å²) < 4.78 is 6.85. The third-order valence-corrected chi connectivity index (χ3v) is 3.95. The first-order chi connectivity index (χ1) is 8.20. The van der Waals surface area contributed by atoms with E-state index >= 15 is 0 Å². The maximum Gasteiger partial charge on any atom is 0.211 e. The maximum absolute atomic E-state index is 5.75. The molecule has 1 unspecified atom stereocenters. The fourth-order valence-corrected chi connectivity index (χ4v) is 2.65. The lowest BCUT2D eigenvalue weighted by atomic mass is 10.3. The molecule has 0 saturated carbocycles. The molecule has 2 aromatic rings. The summed E-state index contributed by atoms with van der Waals surface area (Å²) in [4.78, 5) is 4.31. The van der Waals surface area contributed by atoms with Crippen molar-refractivity contribution >= 4 is 27.3 Å². The minimum atomic E-state index is 0.158. The lowest BCUT2D eigenvalue weighted by Crippen LogP contribution is -2.19. The molecule has 2 rings (SSSR count). The molecule has 0 spiro atoms. The largest absolute Gasteiger partial charge is 0.439 e. The number of rotatable bonds is 5. The van der Waals surface area contributed by atoms with E-state index in [0.717, 1.165) is 34.0 Å². The first kappa shape index (κ1) is 12.8. The predicted molar refractivity (Wildman–Crippen MR) is 74.2 cm³/mol. The van der Waals surface area contributed by atoms with Crippen LogP contribution in [0.1, 0.15) is 32.2 Å². The minimum Gasteiger partial charge on any atom is -0.439 e. The smallest absolute Gasteiger partial charge is 0.211 e. The Kier molecular flexibility index (Phi) is 4.36. The van der Waals surface area contributed by atoms with Crippen molar-refractivity contribution in [2.24, 2.45) is 0 Å². The molecule has 92 valence electrons. The fraction of sp³-hybridized carbons (Fsp3) is 0.417. The zero-order chi connectivity index (χ0) is 12.3. The lowest BCUT2D eigenvalue weighted by molar-refractivity contribution is 0.423. The van der Waals surface area contributed by atoms with E-state index in [1.165, 1.54) is 0 Å². The molecule has 0 radical (unpaired) electrons. The average Bonchev–Trinajstić information content (AvgIpc) is 2.93. The molecule has 5 heteroatoms. The van der Waals surface area contributed by atoms with E-state index in [1.54, 1.807) is 17.5 Å². The van der Waals surface area contributed by atoms with E-state index in [0.29, 0.717) is 0 Å². The van der Waals surface area contributed by atoms with Crippen LogP contribution in [0, 0.1) is 0 Å². The Morgan fingerprint density at radius 2 is 2.41 bits per heavy atom. The van der Waals surface area contributed by atoms with Crippen LogP contribution in [-0.2, 0) is 0 Å². The van der Waals surface area contributed by atoms with Crippen molar-refractivity contribution < 1.29 is 4.42 Å². The second-order valence-electron chi connectivity index (χ2n) is 3.88. The van der Waals surface area contributed by atoms with Crippen molar-refractivity contribution in [3.05, 3.63) is 27.3 Å². The van der Waals surface area contributed by atoms with Crippen LogP contribution in [0.4, 0.5) is 0 Å². The molecule has 0 aliphatic rings. The van der Waals surface area contributed by atoms with Gasteiger partial charge < -0.3 is 9.73 Å². The second-order valence-corrected chi connectivity index (χ2v) is 6.17. The van der Waals surface area contributed by atoms with Gasteiger partial charge in [-0.1, -0.05) is 6.92 Å². The van der Waals surface area contributed by atoms with E-state index in [-0.39, 0.29) is 6.04 Å². The summed E-state index contributed by atoms with van der Waals surface area (Å²) in [6.45, 7) is 5.18. The normalized spacial score (nSPS) is 12.9. The second kappa shape index (κ2) is 5.80. The number of hydrogen-bond donors (Lipinski definition) is 1. The van der Waals surface area contributed by atoms with Gasteiger partial charge in [0.15, 0.2) is 5.76 Å². The molecule has 0 aliphatic carbocycles. The Balaban J connectivity index is 2.10. The summed E-state index contributed by atoms with van der Waals surface area (Å²) in [5.74, 6) is 1.57. The van der Waals surface area contributed by atoms with E-state index in [4.69, 9.17) is 4.42 Å². The average molecular weight is 315 g/mol. The van der Waals surface area contributed by atoms with Gasteiger partial charge in [0.25, 0.3) is 0 Å². The van der Waals surface area contributed by atoms with Crippen molar-refractivity contribution in [3.63, 3.8) is 0 Å². The highest BCUT2D eigenvalue weighted by atomic mass is 79.9. The summed E-state index contributed by atoms with van der Waals surface area (Å²) in [7, 11) is 0. The predicted octanol–water partition coefficient (Wildman–Crippen LogP) is 4.23. The number of hydrogen-bond acceptors (Lipinski definition) is 4. The van der Waals surface area contributed by atoms with E-state index in [1.807, 2.05) is 6.07 Å². The maximum atomic E-state index is 5.75. The minimum absolute atomic E-state index is 0.158. The molecule has 2 aromatic heterocycles. The monoisotopic (exact) mass is 314 g/mol. The molecule has 0 aliphatic heterocycles. The molecule has 0 saturated heterocycles. The summed E-state index contributed by atoms with van der Waals surface area (Å²) in [6, 6.07) is 2.20. The van der Waals surface area contributed by atoms with Gasteiger partial charge in [-0.15, -0.1) is 11.3 Å². The third-order valence-electron chi connectivity index (χ3n) is 2.45. The van der Waals surface area contributed by atoms with Gasteiger partial charge in [0.05, 0.1) is 16.0 Å². The topological polar surface area (TPSA) is 38.1 Å². The standard InChI is InChI=1S/C12H15BrN2OS/c1-3-4-14-8(2)12-15-6-10(16-12)9-5-11(13)17-7-9/h5-8,14H,3-4H2,1-2H3. The Labute approximate surface area is 113 Å². The molecular weight excluding hydrogens is 300 g/mol. The number of aromatic nitrogens is 1. The highest BCUT2D eigenvalue weighted by Crippen LogP contribution is 2.30. The molecule has 17 heavy (non-hydrogen) atoms. The Hall–Kier alpha value is -0.650. The zero-order valence-electron chi connectivity index (χ0n) is 9.87. The number of nitrogens with zero attached hydrogens (tertiary/aromatic N) is 1. The Bertz CT molecular complexity index is 480. The van der Waals surface area contributed by atoms with Crippen molar-refractivity contribution in [3.8, 4) is 11.3 Å². The molecule has 0 aromatic carbocycles. The fourth-order valence-electron chi connectivity index (χ4n) is 1.51. The molecule has 1 atom stereocenters. The number of oxazole rings is 1. The molecule has 3 nitrogen and oxygen atoms in total. The van der Waals surface area contributed by atoms with Gasteiger partial charge in [-0.2, -0.15) is 0 Å². The van der Waals surface area contributed by atoms with Gasteiger partial charge in [0.2, 0.25) is 5.89 Å². The molecule has 0 amide bonds. The van der Waals surface area contributed by atoms with Crippen LogP contribution in [0.15, 0.2) is 25.8 Å². The number of nitrogens with one attached hydrogen (secondary N) is 1. The van der Waals surface area contributed by atoms with Crippen LogP contribution >= 0.6 is 27.3 Å². The molecule has 0 fully saturated rings. The van der Waals surface area contributed by atoms with E-state index in [9.17, 15) is 0 Å².